The van der Waals surface area contributed by atoms with Crippen molar-refractivity contribution in [1.29, 1.82) is 0 Å². The maximum Gasteiger partial charge on any atom is 0.126 e. The Hall–Kier alpha value is -0.690. The Kier molecular flexibility index (Phi) is 2.23. The van der Waals surface area contributed by atoms with Crippen molar-refractivity contribution in [1.82, 2.24) is 15.0 Å². The normalized spacial score (nSPS) is 12.3. The van der Waals surface area contributed by atoms with Gasteiger partial charge >= 0.3 is 0 Å². The number of nitrogens with two attached hydrogens (primary N) is 1. The van der Waals surface area contributed by atoms with E-state index in [-0.39, 0.29) is 0 Å². The van der Waals surface area contributed by atoms with E-state index in [0.717, 1.165) is 20.4 Å². The third-order valence-corrected chi connectivity index (χ3v) is 2.75. The highest BCUT2D eigenvalue weighted by atomic mass is 127. The fourth-order valence-corrected chi connectivity index (χ4v) is 1.78. The van der Waals surface area contributed by atoms with Crippen LogP contribution in [0.5, 0.6) is 0 Å². The van der Waals surface area contributed by atoms with Crippen molar-refractivity contribution in [3.8, 4) is 0 Å². The van der Waals surface area contributed by atoms with Crippen molar-refractivity contribution < 1.29 is 0 Å². The van der Waals surface area contributed by atoms with E-state index in [9.17, 15) is 0 Å². The first kappa shape index (κ1) is 9.85. The van der Waals surface area contributed by atoms with Gasteiger partial charge in [-0.1, -0.05) is 0 Å². The van der Waals surface area contributed by atoms with Gasteiger partial charge in [-0.05, 0) is 36.4 Å². The number of aromatic nitrogens is 3. The van der Waals surface area contributed by atoms with Gasteiger partial charge in [0.1, 0.15) is 11.3 Å². The van der Waals surface area contributed by atoms with E-state index in [1.807, 2.05) is 13.8 Å². The van der Waals surface area contributed by atoms with Crippen LogP contribution in [0.3, 0.4) is 0 Å². The zero-order valence-corrected chi connectivity index (χ0v) is 10.2. The molecule has 0 atom stereocenters. The average molecular weight is 302 g/mol. The van der Waals surface area contributed by atoms with Crippen molar-refractivity contribution >= 4 is 33.6 Å². The molecule has 0 aliphatic carbocycles. The van der Waals surface area contributed by atoms with Crippen LogP contribution in [0, 0.1) is 3.57 Å². The summed E-state index contributed by atoms with van der Waals surface area (Å²) in [5.74, 6) is 0.790. The molecule has 2 rings (SSSR count). The molecule has 2 heterocycles. The lowest BCUT2D eigenvalue weighted by Gasteiger charge is -2.13. The van der Waals surface area contributed by atoms with E-state index in [2.05, 4.69) is 37.5 Å². The Bertz CT molecular complexity index is 469. The molecule has 0 bridgehead atoms. The number of pyridine rings is 1. The van der Waals surface area contributed by atoms with Crippen molar-refractivity contribution in [3.05, 3.63) is 21.8 Å². The second kappa shape index (κ2) is 3.16. The van der Waals surface area contributed by atoms with Crippen molar-refractivity contribution in [3.63, 3.8) is 0 Å². The maximum atomic E-state index is 5.95. The van der Waals surface area contributed by atoms with Crippen LogP contribution in [0.15, 0.2) is 12.4 Å². The minimum absolute atomic E-state index is 0.442. The molecule has 2 aromatic rings. The van der Waals surface area contributed by atoms with Gasteiger partial charge in [0, 0.05) is 6.20 Å². The van der Waals surface area contributed by atoms with Gasteiger partial charge in [-0.25, -0.2) is 4.98 Å². The summed E-state index contributed by atoms with van der Waals surface area (Å²) < 4.78 is 1.03. The number of nitrogens with one attached hydrogen (secondary N) is 1. The molecule has 2 aromatic heterocycles. The zero-order chi connectivity index (χ0) is 10.3. The van der Waals surface area contributed by atoms with E-state index in [1.54, 1.807) is 12.4 Å². The first-order valence-corrected chi connectivity index (χ1v) is 5.35. The van der Waals surface area contributed by atoms with Gasteiger partial charge in [0.15, 0.2) is 0 Å². The summed E-state index contributed by atoms with van der Waals surface area (Å²) in [5, 5.41) is 0. The van der Waals surface area contributed by atoms with E-state index in [1.165, 1.54) is 0 Å². The van der Waals surface area contributed by atoms with Crippen LogP contribution in [-0.2, 0) is 5.54 Å². The topological polar surface area (TPSA) is 67.6 Å². The number of imidazole rings is 1. The minimum Gasteiger partial charge on any atom is -0.339 e. The summed E-state index contributed by atoms with van der Waals surface area (Å²) in [5.41, 5.74) is 7.39. The maximum absolute atomic E-state index is 5.95. The summed E-state index contributed by atoms with van der Waals surface area (Å²) in [6, 6.07) is 0. The molecule has 4 nitrogen and oxygen atoms in total. The molecule has 0 aliphatic heterocycles. The standard InChI is InChI=1S/C9H11IN4/c1-9(2,11)8-13-6-4-12-3-5(10)7(6)14-8/h3-4H,11H2,1-2H3,(H,13,14). The van der Waals surface area contributed by atoms with Crippen LogP contribution in [0.1, 0.15) is 19.7 Å². The van der Waals surface area contributed by atoms with Crippen LogP contribution in [0.4, 0.5) is 0 Å². The fourth-order valence-electron chi connectivity index (χ4n) is 1.21. The minimum atomic E-state index is -0.442. The number of fused-ring (bicyclic) bond motifs is 1. The number of rotatable bonds is 1. The lowest BCUT2D eigenvalue weighted by atomic mass is 10.1. The van der Waals surface area contributed by atoms with Gasteiger partial charge in [-0.3, -0.25) is 4.98 Å². The quantitative estimate of drug-likeness (QED) is 0.789. The van der Waals surface area contributed by atoms with Gasteiger partial charge in [0.25, 0.3) is 0 Å². The van der Waals surface area contributed by atoms with Crippen LogP contribution < -0.4 is 5.73 Å². The molecular weight excluding hydrogens is 291 g/mol. The van der Waals surface area contributed by atoms with Gasteiger partial charge in [0.05, 0.1) is 20.8 Å². The lowest BCUT2D eigenvalue weighted by molar-refractivity contribution is 0.522. The first-order chi connectivity index (χ1) is 6.48. The molecule has 14 heavy (non-hydrogen) atoms. The summed E-state index contributed by atoms with van der Waals surface area (Å²) in [4.78, 5) is 11.7. The van der Waals surface area contributed by atoms with Gasteiger partial charge in [-0.2, -0.15) is 0 Å². The number of halogens is 1. The summed E-state index contributed by atoms with van der Waals surface area (Å²) >= 11 is 2.21. The Labute approximate surface area is 95.5 Å². The number of hydrogen-bond acceptors (Lipinski definition) is 3. The SMILES string of the molecule is CC(C)(N)c1nc2c(I)cncc2[nH]1. The number of nitrogens with zero attached hydrogens (tertiary/aromatic N) is 2. The van der Waals surface area contributed by atoms with Crippen LogP contribution in [0.25, 0.3) is 11.0 Å². The molecule has 0 saturated heterocycles. The molecule has 0 amide bonds. The second-order valence-electron chi connectivity index (χ2n) is 3.82. The molecule has 0 aliphatic rings. The lowest BCUT2D eigenvalue weighted by Crippen LogP contribution is -2.30. The van der Waals surface area contributed by atoms with Crippen molar-refractivity contribution in [2.75, 3.05) is 0 Å². The Morgan fingerprint density at radius 1 is 1.43 bits per heavy atom. The van der Waals surface area contributed by atoms with Gasteiger partial charge < -0.3 is 10.7 Å². The van der Waals surface area contributed by atoms with E-state index in [4.69, 9.17) is 5.73 Å². The number of hydrogen-bond donors (Lipinski definition) is 2. The van der Waals surface area contributed by atoms with Crippen LogP contribution in [0.2, 0.25) is 0 Å². The highest BCUT2D eigenvalue weighted by Gasteiger charge is 2.19. The number of H-pyrrole nitrogens is 1. The highest BCUT2D eigenvalue weighted by Crippen LogP contribution is 2.21. The van der Waals surface area contributed by atoms with Gasteiger partial charge in [0.2, 0.25) is 0 Å². The smallest absolute Gasteiger partial charge is 0.126 e. The van der Waals surface area contributed by atoms with Crippen LogP contribution in [-0.4, -0.2) is 15.0 Å². The monoisotopic (exact) mass is 302 g/mol. The molecule has 74 valence electrons. The van der Waals surface area contributed by atoms with Gasteiger partial charge in [-0.15, -0.1) is 0 Å². The second-order valence-corrected chi connectivity index (χ2v) is 4.99. The third-order valence-electron chi connectivity index (χ3n) is 1.96. The molecule has 0 unspecified atom stereocenters. The molecule has 3 N–H and O–H groups in total. The zero-order valence-electron chi connectivity index (χ0n) is 8.00. The fraction of sp³-hybridized carbons (Fsp3) is 0.333. The predicted octanol–water partition coefficient (Wildman–Crippen LogP) is 1.76. The highest BCUT2D eigenvalue weighted by molar-refractivity contribution is 14.1. The summed E-state index contributed by atoms with van der Waals surface area (Å²) in [7, 11) is 0. The molecular formula is C9H11IN4. The molecule has 0 aromatic carbocycles. The van der Waals surface area contributed by atoms with Crippen LogP contribution >= 0.6 is 22.6 Å². The predicted molar refractivity (Wildman–Crippen MR) is 63.8 cm³/mol. The van der Waals surface area contributed by atoms with Crippen molar-refractivity contribution in [2.24, 2.45) is 5.73 Å². The molecule has 0 radical (unpaired) electrons. The molecule has 5 heteroatoms. The number of aromatic amines is 1. The first-order valence-electron chi connectivity index (χ1n) is 4.27. The Morgan fingerprint density at radius 3 is 2.71 bits per heavy atom. The Balaban J connectivity index is 2.69. The van der Waals surface area contributed by atoms with E-state index < -0.39 is 5.54 Å². The Morgan fingerprint density at radius 2 is 2.14 bits per heavy atom. The molecule has 0 spiro atoms. The third kappa shape index (κ3) is 1.61. The largest absolute Gasteiger partial charge is 0.339 e. The summed E-state index contributed by atoms with van der Waals surface area (Å²) in [6.07, 6.45) is 3.55. The van der Waals surface area contributed by atoms with Crippen molar-refractivity contribution in [2.45, 2.75) is 19.4 Å². The summed E-state index contributed by atoms with van der Waals surface area (Å²) in [6.45, 7) is 3.84. The molecule has 0 saturated carbocycles. The molecule has 0 fully saturated rings. The van der Waals surface area contributed by atoms with E-state index >= 15 is 0 Å². The van der Waals surface area contributed by atoms with E-state index in [0.29, 0.717) is 0 Å². The average Bonchev–Trinajstić information content (AvgIpc) is 2.48.